The summed E-state index contributed by atoms with van der Waals surface area (Å²) in [6.07, 6.45) is 1.92. The van der Waals surface area contributed by atoms with Gasteiger partial charge in [0.25, 0.3) is 0 Å². The minimum Gasteiger partial charge on any atom is -0.476 e. The van der Waals surface area contributed by atoms with Crippen LogP contribution in [0.5, 0.6) is 0 Å². The van der Waals surface area contributed by atoms with Gasteiger partial charge in [-0.25, -0.2) is 9.48 Å². The zero-order valence-electron chi connectivity index (χ0n) is 11.5. The van der Waals surface area contributed by atoms with Crippen molar-refractivity contribution in [3.05, 3.63) is 35.7 Å². The van der Waals surface area contributed by atoms with Gasteiger partial charge in [-0.3, -0.25) is 4.79 Å². The molecule has 0 unspecified atom stereocenters. The normalized spacial score (nSPS) is 10.4. The number of aromatic nitrogens is 3. The third-order valence-electron chi connectivity index (χ3n) is 2.86. The molecular formula is C13H14N4O3S. The largest absolute Gasteiger partial charge is 0.476 e. The van der Waals surface area contributed by atoms with Crippen molar-refractivity contribution in [1.82, 2.24) is 15.0 Å². The fourth-order valence-electron chi connectivity index (χ4n) is 1.78. The molecule has 2 aromatic rings. The van der Waals surface area contributed by atoms with Gasteiger partial charge >= 0.3 is 5.97 Å². The minimum absolute atomic E-state index is 0.0885. The average molecular weight is 306 g/mol. The molecular weight excluding hydrogens is 292 g/mol. The molecule has 8 heteroatoms. The Balaban J connectivity index is 2.10. The van der Waals surface area contributed by atoms with Gasteiger partial charge in [0.2, 0.25) is 5.91 Å². The highest BCUT2D eigenvalue weighted by atomic mass is 32.2. The first-order valence-electron chi connectivity index (χ1n) is 6.09. The molecule has 1 aromatic carbocycles. The van der Waals surface area contributed by atoms with Crippen molar-refractivity contribution in [1.29, 1.82) is 0 Å². The number of nitrogens with one attached hydrogen (secondary N) is 1. The number of nitrogens with zero attached hydrogens (tertiary/aromatic N) is 3. The number of aromatic carboxylic acids is 1. The Hall–Kier alpha value is -2.35. The van der Waals surface area contributed by atoms with E-state index in [4.69, 9.17) is 5.11 Å². The Labute approximate surface area is 125 Å². The fraction of sp³-hybridized carbons (Fsp3) is 0.231. The molecule has 0 radical (unpaired) electrons. The number of rotatable bonds is 5. The second-order valence-electron chi connectivity index (χ2n) is 4.23. The van der Waals surface area contributed by atoms with Gasteiger partial charge in [0.15, 0.2) is 5.69 Å². The van der Waals surface area contributed by atoms with E-state index in [2.05, 4.69) is 15.6 Å². The number of carbonyl (C=O) groups excluding carboxylic acids is 1. The summed E-state index contributed by atoms with van der Waals surface area (Å²) in [6, 6.07) is 7.44. The lowest BCUT2D eigenvalue weighted by Gasteiger charge is -2.09. The van der Waals surface area contributed by atoms with Gasteiger partial charge in [-0.05, 0) is 25.3 Å². The van der Waals surface area contributed by atoms with Gasteiger partial charge in [0.1, 0.15) is 6.54 Å². The molecule has 0 aliphatic carbocycles. The lowest BCUT2D eigenvalue weighted by Crippen LogP contribution is -2.20. The molecule has 0 saturated carbocycles. The van der Waals surface area contributed by atoms with Crippen LogP contribution in [0.25, 0.3) is 0 Å². The van der Waals surface area contributed by atoms with E-state index in [0.29, 0.717) is 11.4 Å². The molecule has 21 heavy (non-hydrogen) atoms. The molecule has 0 aliphatic heterocycles. The monoisotopic (exact) mass is 306 g/mol. The highest BCUT2D eigenvalue weighted by Crippen LogP contribution is 2.24. The zero-order valence-corrected chi connectivity index (χ0v) is 12.3. The predicted molar refractivity (Wildman–Crippen MR) is 78.6 cm³/mol. The highest BCUT2D eigenvalue weighted by Gasteiger charge is 2.17. The van der Waals surface area contributed by atoms with E-state index in [-0.39, 0.29) is 18.1 Å². The standard InChI is InChI=1S/C13H14N4O3S/c1-8-12(13(19)20)15-16-17(8)7-11(18)14-9-5-3-4-6-10(9)21-2/h3-6H,7H2,1-2H3,(H,14,18)(H,19,20). The van der Waals surface area contributed by atoms with Crippen molar-refractivity contribution in [3.63, 3.8) is 0 Å². The minimum atomic E-state index is -1.16. The third kappa shape index (κ3) is 3.40. The average Bonchev–Trinajstić information content (AvgIpc) is 2.81. The number of hydrogen-bond acceptors (Lipinski definition) is 5. The summed E-state index contributed by atoms with van der Waals surface area (Å²) in [5.74, 6) is -1.45. The second kappa shape index (κ2) is 6.40. The van der Waals surface area contributed by atoms with E-state index < -0.39 is 5.97 Å². The van der Waals surface area contributed by atoms with Crippen LogP contribution in [0.2, 0.25) is 0 Å². The molecule has 1 heterocycles. The summed E-state index contributed by atoms with van der Waals surface area (Å²) < 4.78 is 1.26. The molecule has 110 valence electrons. The maximum absolute atomic E-state index is 12.0. The van der Waals surface area contributed by atoms with E-state index in [0.717, 1.165) is 4.90 Å². The number of thioether (sulfide) groups is 1. The number of amides is 1. The summed E-state index contributed by atoms with van der Waals surface area (Å²) in [7, 11) is 0. The first-order chi connectivity index (χ1) is 10.0. The number of carboxylic acid groups (broad SMARTS) is 1. The zero-order chi connectivity index (χ0) is 15.4. The van der Waals surface area contributed by atoms with Gasteiger partial charge in [0.05, 0.1) is 11.4 Å². The molecule has 0 saturated heterocycles. The molecule has 2 rings (SSSR count). The van der Waals surface area contributed by atoms with Crippen LogP contribution in [-0.4, -0.2) is 38.2 Å². The van der Waals surface area contributed by atoms with Crippen molar-refractivity contribution < 1.29 is 14.7 Å². The van der Waals surface area contributed by atoms with Gasteiger partial charge in [-0.15, -0.1) is 16.9 Å². The number of hydrogen-bond donors (Lipinski definition) is 2. The van der Waals surface area contributed by atoms with E-state index in [1.165, 1.54) is 16.4 Å². The van der Waals surface area contributed by atoms with Crippen LogP contribution in [0, 0.1) is 6.92 Å². The maximum Gasteiger partial charge on any atom is 0.358 e. The summed E-state index contributed by atoms with van der Waals surface area (Å²) in [5, 5.41) is 18.9. The Morgan fingerprint density at radius 3 is 2.71 bits per heavy atom. The van der Waals surface area contributed by atoms with Gasteiger partial charge < -0.3 is 10.4 Å². The maximum atomic E-state index is 12.0. The molecule has 0 aliphatic rings. The van der Waals surface area contributed by atoms with Gasteiger partial charge in [-0.2, -0.15) is 0 Å². The van der Waals surface area contributed by atoms with Crippen molar-refractivity contribution in [2.75, 3.05) is 11.6 Å². The topological polar surface area (TPSA) is 97.1 Å². The van der Waals surface area contributed by atoms with Crippen molar-refractivity contribution in [2.24, 2.45) is 0 Å². The van der Waals surface area contributed by atoms with Crippen molar-refractivity contribution in [2.45, 2.75) is 18.4 Å². The smallest absolute Gasteiger partial charge is 0.358 e. The lowest BCUT2D eigenvalue weighted by molar-refractivity contribution is -0.117. The van der Waals surface area contributed by atoms with Crippen LogP contribution in [0.1, 0.15) is 16.2 Å². The predicted octanol–water partition coefficient (Wildman–Crippen LogP) is 1.65. The quantitative estimate of drug-likeness (QED) is 0.815. The number of carboxylic acids is 1. The Kier molecular flexibility index (Phi) is 4.59. The summed E-state index contributed by atoms with van der Waals surface area (Å²) in [4.78, 5) is 23.9. The van der Waals surface area contributed by atoms with E-state index in [9.17, 15) is 9.59 Å². The lowest BCUT2D eigenvalue weighted by atomic mass is 10.3. The van der Waals surface area contributed by atoms with Crippen LogP contribution in [0.15, 0.2) is 29.2 Å². The molecule has 0 bridgehead atoms. The molecule has 0 fully saturated rings. The SMILES string of the molecule is CSc1ccccc1NC(=O)Cn1nnc(C(=O)O)c1C. The van der Waals surface area contributed by atoms with Crippen LogP contribution < -0.4 is 5.32 Å². The third-order valence-corrected chi connectivity index (χ3v) is 3.66. The fourth-order valence-corrected chi connectivity index (χ4v) is 2.34. The Morgan fingerprint density at radius 2 is 2.10 bits per heavy atom. The Morgan fingerprint density at radius 1 is 1.38 bits per heavy atom. The molecule has 1 amide bonds. The molecule has 0 spiro atoms. The van der Waals surface area contributed by atoms with Gasteiger partial charge in [0, 0.05) is 4.90 Å². The molecule has 0 atom stereocenters. The van der Waals surface area contributed by atoms with E-state index in [1.54, 1.807) is 13.0 Å². The number of carbonyl (C=O) groups is 2. The summed E-state index contributed by atoms with van der Waals surface area (Å²) >= 11 is 1.53. The van der Waals surface area contributed by atoms with E-state index >= 15 is 0 Å². The van der Waals surface area contributed by atoms with Crippen LogP contribution in [-0.2, 0) is 11.3 Å². The summed E-state index contributed by atoms with van der Waals surface area (Å²) in [5.41, 5.74) is 0.911. The van der Waals surface area contributed by atoms with Crippen LogP contribution in [0.3, 0.4) is 0 Å². The Bertz CT molecular complexity index is 684. The van der Waals surface area contributed by atoms with Crippen LogP contribution >= 0.6 is 11.8 Å². The van der Waals surface area contributed by atoms with Crippen molar-refractivity contribution >= 4 is 29.3 Å². The highest BCUT2D eigenvalue weighted by molar-refractivity contribution is 7.98. The number of anilines is 1. The van der Waals surface area contributed by atoms with Crippen LogP contribution in [0.4, 0.5) is 5.69 Å². The second-order valence-corrected chi connectivity index (χ2v) is 5.08. The first kappa shape index (κ1) is 15.0. The van der Waals surface area contributed by atoms with E-state index in [1.807, 2.05) is 24.5 Å². The molecule has 7 nitrogen and oxygen atoms in total. The van der Waals surface area contributed by atoms with Crippen molar-refractivity contribution in [3.8, 4) is 0 Å². The van der Waals surface area contributed by atoms with Gasteiger partial charge in [-0.1, -0.05) is 17.3 Å². The summed E-state index contributed by atoms with van der Waals surface area (Å²) in [6.45, 7) is 1.47. The molecule has 1 aromatic heterocycles. The number of benzene rings is 1. The molecule has 2 N–H and O–H groups in total. The number of para-hydroxylation sites is 1. The first-order valence-corrected chi connectivity index (χ1v) is 7.31.